The zero-order chi connectivity index (χ0) is 17.1. The first-order chi connectivity index (χ1) is 9.90. The van der Waals surface area contributed by atoms with Gasteiger partial charge >= 0.3 is 12.1 Å². The molecule has 0 aliphatic rings. The van der Waals surface area contributed by atoms with Gasteiger partial charge in [-0.2, -0.15) is 21.6 Å². The molecule has 0 spiro atoms. The summed E-state index contributed by atoms with van der Waals surface area (Å²) in [4.78, 5) is 11.7. The van der Waals surface area contributed by atoms with E-state index in [0.29, 0.717) is 0 Å². The van der Waals surface area contributed by atoms with Crippen molar-refractivity contribution in [2.45, 2.75) is 32.0 Å². The molecule has 9 heteroatoms. The first-order valence-electron chi connectivity index (χ1n) is 6.23. The minimum absolute atomic E-state index is 0.144. The summed E-state index contributed by atoms with van der Waals surface area (Å²) in [6, 6.07) is 5.70. The zero-order valence-corrected chi connectivity index (χ0v) is 12.6. The van der Waals surface area contributed by atoms with Crippen molar-refractivity contribution in [2.75, 3.05) is 5.75 Å². The third kappa shape index (κ3) is 5.64. The van der Waals surface area contributed by atoms with Crippen molar-refractivity contribution < 1.29 is 35.7 Å². The summed E-state index contributed by atoms with van der Waals surface area (Å²) in [5.41, 5.74) is 0.732. The predicted octanol–water partition coefficient (Wildman–Crippen LogP) is 2.79. The molecule has 0 amide bonds. The number of esters is 1. The molecule has 1 unspecified atom stereocenters. The number of carbonyl (C=O) groups is 1. The molecule has 124 valence electrons. The maximum atomic E-state index is 12.6. The number of hydrogen-bond donors (Lipinski definition) is 1. The number of rotatable bonds is 5. The van der Waals surface area contributed by atoms with Crippen LogP contribution in [0.1, 0.15) is 35.7 Å². The molecule has 0 aromatic heterocycles. The average Bonchev–Trinajstić information content (AvgIpc) is 2.35. The van der Waals surface area contributed by atoms with Gasteiger partial charge in [0.05, 0.1) is 5.56 Å². The summed E-state index contributed by atoms with van der Waals surface area (Å²) in [6.07, 6.45) is -8.04. The topological polar surface area (TPSA) is 80.7 Å². The highest BCUT2D eigenvalue weighted by Crippen LogP contribution is 2.25. The Balaban J connectivity index is 2.91. The van der Waals surface area contributed by atoms with Crippen molar-refractivity contribution in [3.05, 3.63) is 35.4 Å². The number of alkyl halides is 3. The standard InChI is InChI=1S/C13H15F3O5S/c1-8(2)9-3-5-10(6-4-9)12(17)21-11(13(14,15)16)7-22(18,19)20/h3-6,8,11H,7H2,1-2H3,(H,18,19,20). The molecular formula is C13H15F3O5S. The van der Waals surface area contributed by atoms with E-state index in [0.717, 1.165) is 5.56 Å². The summed E-state index contributed by atoms with van der Waals surface area (Å²) in [6.45, 7) is 3.80. The molecule has 0 bridgehead atoms. The SMILES string of the molecule is CC(C)c1ccc(C(=O)OC(CS(=O)(=O)O)C(F)(F)F)cc1. The minimum atomic E-state index is -5.11. The van der Waals surface area contributed by atoms with E-state index in [2.05, 4.69) is 4.74 Å². The van der Waals surface area contributed by atoms with E-state index >= 15 is 0 Å². The Hall–Kier alpha value is -1.61. The lowest BCUT2D eigenvalue weighted by molar-refractivity contribution is -0.197. The predicted molar refractivity (Wildman–Crippen MR) is 72.2 cm³/mol. The second-order valence-corrected chi connectivity index (χ2v) is 6.46. The van der Waals surface area contributed by atoms with Crippen molar-refractivity contribution in [2.24, 2.45) is 0 Å². The summed E-state index contributed by atoms with van der Waals surface area (Å²) >= 11 is 0. The molecule has 0 fully saturated rings. The van der Waals surface area contributed by atoms with E-state index in [1.807, 2.05) is 13.8 Å². The lowest BCUT2D eigenvalue weighted by Gasteiger charge is -2.19. The molecular weight excluding hydrogens is 325 g/mol. The Kier molecular flexibility index (Phi) is 5.58. The van der Waals surface area contributed by atoms with E-state index in [1.54, 1.807) is 12.1 Å². The van der Waals surface area contributed by atoms with Gasteiger partial charge in [0.15, 0.2) is 0 Å². The Morgan fingerprint density at radius 2 is 1.73 bits per heavy atom. The van der Waals surface area contributed by atoms with E-state index < -0.39 is 34.1 Å². The number of benzene rings is 1. The van der Waals surface area contributed by atoms with Crippen molar-refractivity contribution >= 4 is 16.1 Å². The van der Waals surface area contributed by atoms with E-state index in [1.165, 1.54) is 12.1 Å². The zero-order valence-electron chi connectivity index (χ0n) is 11.8. The Morgan fingerprint density at radius 1 is 1.23 bits per heavy atom. The summed E-state index contributed by atoms with van der Waals surface area (Å²) < 4.78 is 71.8. The molecule has 1 N–H and O–H groups in total. The van der Waals surface area contributed by atoms with Crippen molar-refractivity contribution in [3.63, 3.8) is 0 Å². The lowest BCUT2D eigenvalue weighted by atomic mass is 10.0. The van der Waals surface area contributed by atoms with Crippen LogP contribution in [-0.2, 0) is 14.9 Å². The van der Waals surface area contributed by atoms with Crippen LogP contribution in [0, 0.1) is 0 Å². The molecule has 1 rings (SSSR count). The molecule has 0 radical (unpaired) electrons. The van der Waals surface area contributed by atoms with E-state index in [9.17, 15) is 26.4 Å². The first-order valence-corrected chi connectivity index (χ1v) is 7.84. The van der Waals surface area contributed by atoms with Crippen molar-refractivity contribution in [1.82, 2.24) is 0 Å². The first kappa shape index (κ1) is 18.4. The third-order valence-electron chi connectivity index (χ3n) is 2.79. The highest BCUT2D eigenvalue weighted by Gasteiger charge is 2.45. The maximum Gasteiger partial charge on any atom is 0.426 e. The third-order valence-corrected chi connectivity index (χ3v) is 3.51. The van der Waals surface area contributed by atoms with Crippen LogP contribution in [0.5, 0.6) is 0 Å². The second kappa shape index (κ2) is 6.66. The molecule has 0 heterocycles. The number of carbonyl (C=O) groups excluding carboxylic acids is 1. The smallest absolute Gasteiger partial charge is 0.426 e. The van der Waals surface area contributed by atoms with Gasteiger partial charge in [0.25, 0.3) is 10.1 Å². The van der Waals surface area contributed by atoms with Crippen LogP contribution in [0.3, 0.4) is 0 Å². The minimum Gasteiger partial charge on any atom is -0.448 e. The van der Waals surface area contributed by atoms with Gasteiger partial charge in [-0.15, -0.1) is 0 Å². The average molecular weight is 340 g/mol. The highest BCUT2D eigenvalue weighted by molar-refractivity contribution is 7.85. The van der Waals surface area contributed by atoms with Crippen molar-refractivity contribution in [1.29, 1.82) is 0 Å². The molecule has 0 saturated heterocycles. The highest BCUT2D eigenvalue weighted by atomic mass is 32.2. The molecule has 1 aromatic rings. The van der Waals surface area contributed by atoms with Gasteiger partial charge in [-0.3, -0.25) is 4.55 Å². The van der Waals surface area contributed by atoms with Crippen LogP contribution in [0.25, 0.3) is 0 Å². The van der Waals surface area contributed by atoms with Crippen LogP contribution >= 0.6 is 0 Å². The molecule has 5 nitrogen and oxygen atoms in total. The Bertz CT molecular complexity index is 620. The van der Waals surface area contributed by atoms with Gasteiger partial charge in [0.1, 0.15) is 5.75 Å². The molecule has 0 saturated carbocycles. The molecule has 22 heavy (non-hydrogen) atoms. The van der Waals surface area contributed by atoms with Gasteiger partial charge in [0.2, 0.25) is 6.10 Å². The van der Waals surface area contributed by atoms with Crippen LogP contribution in [-0.4, -0.2) is 37.0 Å². The monoisotopic (exact) mass is 340 g/mol. The summed E-state index contributed by atoms with van der Waals surface area (Å²) in [7, 11) is -4.95. The largest absolute Gasteiger partial charge is 0.448 e. The van der Waals surface area contributed by atoms with Crippen LogP contribution < -0.4 is 0 Å². The van der Waals surface area contributed by atoms with Gasteiger partial charge in [-0.25, -0.2) is 4.79 Å². The molecule has 1 atom stereocenters. The molecule has 0 aliphatic carbocycles. The van der Waals surface area contributed by atoms with Gasteiger partial charge in [0, 0.05) is 0 Å². The molecule has 1 aromatic carbocycles. The summed E-state index contributed by atoms with van der Waals surface area (Å²) in [5, 5.41) is 0. The maximum absolute atomic E-state index is 12.6. The Labute approximate surface area is 125 Å². The lowest BCUT2D eigenvalue weighted by Crippen LogP contribution is -2.39. The van der Waals surface area contributed by atoms with Crippen LogP contribution in [0.15, 0.2) is 24.3 Å². The molecule has 0 aliphatic heterocycles. The fraction of sp³-hybridized carbons (Fsp3) is 0.462. The number of halogens is 3. The summed E-state index contributed by atoms with van der Waals surface area (Å²) in [5.74, 6) is -2.89. The number of hydrogen-bond acceptors (Lipinski definition) is 4. The van der Waals surface area contributed by atoms with Crippen LogP contribution in [0.4, 0.5) is 13.2 Å². The quantitative estimate of drug-likeness (QED) is 0.658. The fourth-order valence-electron chi connectivity index (χ4n) is 1.59. The van der Waals surface area contributed by atoms with Crippen LogP contribution in [0.2, 0.25) is 0 Å². The normalized spacial score (nSPS) is 14.0. The van der Waals surface area contributed by atoms with Gasteiger partial charge < -0.3 is 4.74 Å². The van der Waals surface area contributed by atoms with Gasteiger partial charge in [-0.1, -0.05) is 26.0 Å². The van der Waals surface area contributed by atoms with E-state index in [-0.39, 0.29) is 11.5 Å². The van der Waals surface area contributed by atoms with Gasteiger partial charge in [-0.05, 0) is 23.6 Å². The fourth-order valence-corrected chi connectivity index (χ4v) is 2.23. The van der Waals surface area contributed by atoms with E-state index in [4.69, 9.17) is 4.55 Å². The van der Waals surface area contributed by atoms with Crippen molar-refractivity contribution in [3.8, 4) is 0 Å². The Morgan fingerprint density at radius 3 is 2.09 bits per heavy atom. The second-order valence-electron chi connectivity index (χ2n) is 4.96. The number of ether oxygens (including phenoxy) is 1.